The number of phenolic OH excluding ortho intramolecular Hbond substituents is 1. The molecule has 4 N–H and O–H groups in total. The molecule has 0 saturated carbocycles. The number of hydrogen-bond donors (Lipinski definition) is 4. The molecule has 0 aliphatic carbocycles. The number of nitrogens with one attached hydrogen (secondary N) is 2. The van der Waals surface area contributed by atoms with Gasteiger partial charge in [0, 0.05) is 28.9 Å². The molecule has 0 radical (unpaired) electrons. The van der Waals surface area contributed by atoms with Gasteiger partial charge in [0.05, 0.1) is 11.3 Å². The predicted molar refractivity (Wildman–Crippen MR) is 75.6 cm³/mol. The number of amides is 2. The minimum Gasteiger partial charge on any atom is -0.506 e. The third kappa shape index (κ3) is 4.54. The number of carboxylic acid groups (broad SMARTS) is 1. The number of carbonyl (C=O) groups excluding carboxylic acids is 1. The number of urea groups is 1. The van der Waals surface area contributed by atoms with E-state index in [0.29, 0.717) is 0 Å². The number of aromatic hydroxyl groups is 1. The maximum absolute atomic E-state index is 11.6. The lowest BCUT2D eigenvalue weighted by Crippen LogP contribution is -2.35. The monoisotopic (exact) mass is 300 g/mol. The van der Waals surface area contributed by atoms with Gasteiger partial charge in [-0.2, -0.15) is 0 Å². The summed E-state index contributed by atoms with van der Waals surface area (Å²) in [5.74, 6) is -1.51. The van der Waals surface area contributed by atoms with Crippen molar-refractivity contribution in [2.24, 2.45) is 0 Å². The van der Waals surface area contributed by atoms with E-state index in [0.717, 1.165) is 6.07 Å². The minimum atomic E-state index is -1.17. The molecule has 0 aromatic heterocycles. The summed E-state index contributed by atoms with van der Waals surface area (Å²) in [7, 11) is -1.04. The highest BCUT2D eigenvalue weighted by atomic mass is 32.2. The van der Waals surface area contributed by atoms with E-state index in [9.17, 15) is 18.9 Å². The average Bonchev–Trinajstić information content (AvgIpc) is 2.37. The van der Waals surface area contributed by atoms with Gasteiger partial charge in [-0.05, 0) is 25.1 Å². The zero-order valence-corrected chi connectivity index (χ0v) is 11.9. The van der Waals surface area contributed by atoms with Crippen LogP contribution in [0.4, 0.5) is 10.5 Å². The van der Waals surface area contributed by atoms with Crippen LogP contribution in [0.25, 0.3) is 0 Å². The van der Waals surface area contributed by atoms with Crippen molar-refractivity contribution in [1.29, 1.82) is 0 Å². The average molecular weight is 300 g/mol. The summed E-state index contributed by atoms with van der Waals surface area (Å²) in [4.78, 5) is 22.3. The van der Waals surface area contributed by atoms with E-state index in [1.807, 2.05) is 0 Å². The van der Waals surface area contributed by atoms with Crippen molar-refractivity contribution >= 4 is 28.5 Å². The van der Waals surface area contributed by atoms with Gasteiger partial charge in [0.1, 0.15) is 5.75 Å². The Morgan fingerprint density at radius 3 is 2.55 bits per heavy atom. The topological polar surface area (TPSA) is 116 Å². The molecule has 8 heteroatoms. The van der Waals surface area contributed by atoms with Gasteiger partial charge in [0.2, 0.25) is 0 Å². The van der Waals surface area contributed by atoms with Crippen LogP contribution in [0.3, 0.4) is 0 Å². The third-order valence-electron chi connectivity index (χ3n) is 2.61. The van der Waals surface area contributed by atoms with Crippen LogP contribution >= 0.6 is 0 Å². The van der Waals surface area contributed by atoms with Crippen molar-refractivity contribution < 1.29 is 24.0 Å². The van der Waals surface area contributed by atoms with E-state index < -0.39 is 22.8 Å². The molecule has 0 aliphatic rings. The first kappa shape index (κ1) is 16.0. The van der Waals surface area contributed by atoms with Gasteiger partial charge in [-0.25, -0.2) is 9.59 Å². The Hall–Kier alpha value is -2.09. The van der Waals surface area contributed by atoms with Crippen molar-refractivity contribution in [3.63, 3.8) is 0 Å². The number of phenols is 1. The zero-order chi connectivity index (χ0) is 15.3. The summed E-state index contributed by atoms with van der Waals surface area (Å²) >= 11 is 0. The van der Waals surface area contributed by atoms with E-state index in [1.54, 1.807) is 13.2 Å². The predicted octanol–water partition coefficient (Wildman–Crippen LogP) is 0.979. The van der Waals surface area contributed by atoms with Crippen LogP contribution in [0.15, 0.2) is 18.2 Å². The van der Waals surface area contributed by atoms with E-state index in [4.69, 9.17) is 5.11 Å². The summed E-state index contributed by atoms with van der Waals surface area (Å²) in [6.45, 7) is 1.96. The number of rotatable bonds is 5. The molecule has 1 rings (SSSR count). The Morgan fingerprint density at radius 2 is 2.05 bits per heavy atom. The molecule has 2 unspecified atom stereocenters. The van der Waals surface area contributed by atoms with Crippen molar-refractivity contribution in [1.82, 2.24) is 5.32 Å². The summed E-state index contributed by atoms with van der Waals surface area (Å²) in [6, 6.07) is 3.03. The molecule has 2 atom stereocenters. The summed E-state index contributed by atoms with van der Waals surface area (Å²) in [5, 5.41) is 23.0. The third-order valence-corrected chi connectivity index (χ3v) is 3.91. The van der Waals surface area contributed by atoms with Crippen LogP contribution < -0.4 is 10.6 Å². The summed E-state index contributed by atoms with van der Waals surface area (Å²) < 4.78 is 11.1. The van der Waals surface area contributed by atoms with Crippen LogP contribution in [0.2, 0.25) is 0 Å². The number of anilines is 1. The maximum atomic E-state index is 11.6. The SMILES string of the molecule is CC(CNC(=O)Nc1ccc(C(=O)O)cc1O)S(C)=O. The lowest BCUT2D eigenvalue weighted by atomic mass is 10.2. The molecule has 0 saturated heterocycles. The molecule has 0 spiro atoms. The van der Waals surface area contributed by atoms with Crippen molar-refractivity contribution in [3.8, 4) is 5.75 Å². The van der Waals surface area contributed by atoms with E-state index in [2.05, 4.69) is 10.6 Å². The molecular formula is C12H16N2O5S. The number of carboxylic acids is 1. The first-order chi connectivity index (χ1) is 9.31. The molecule has 0 fully saturated rings. The highest BCUT2D eigenvalue weighted by Crippen LogP contribution is 2.24. The van der Waals surface area contributed by atoms with Gasteiger partial charge in [0.15, 0.2) is 0 Å². The van der Waals surface area contributed by atoms with Gasteiger partial charge in [-0.15, -0.1) is 0 Å². The Balaban J connectivity index is 2.62. The summed E-state index contributed by atoms with van der Waals surface area (Å²) in [6.07, 6.45) is 1.54. The lowest BCUT2D eigenvalue weighted by molar-refractivity contribution is 0.0696. The second-order valence-electron chi connectivity index (χ2n) is 4.18. The molecular weight excluding hydrogens is 284 g/mol. The Morgan fingerprint density at radius 1 is 1.40 bits per heavy atom. The summed E-state index contributed by atoms with van der Waals surface area (Å²) in [5.41, 5.74) is 0.0150. The van der Waals surface area contributed by atoms with Crippen LogP contribution in [0.5, 0.6) is 5.75 Å². The number of aromatic carboxylic acids is 1. The first-order valence-corrected chi connectivity index (χ1v) is 7.36. The Bertz CT molecular complexity index is 547. The largest absolute Gasteiger partial charge is 0.506 e. The fourth-order valence-electron chi connectivity index (χ4n) is 1.29. The minimum absolute atomic E-state index is 0.0801. The van der Waals surface area contributed by atoms with Gasteiger partial charge >= 0.3 is 12.0 Å². The number of benzene rings is 1. The molecule has 1 aromatic carbocycles. The molecule has 0 heterocycles. The quantitative estimate of drug-likeness (QED) is 0.605. The standard InChI is InChI=1S/C12H16N2O5S/c1-7(20(2)19)6-13-12(18)14-9-4-3-8(11(16)17)5-10(9)15/h3-5,7,15H,6H2,1-2H3,(H,16,17)(H2,13,14,18). The highest BCUT2D eigenvalue weighted by Gasteiger charge is 2.11. The molecule has 110 valence electrons. The van der Waals surface area contributed by atoms with Crippen LogP contribution in [-0.4, -0.2) is 44.5 Å². The van der Waals surface area contributed by atoms with Crippen LogP contribution in [0.1, 0.15) is 17.3 Å². The lowest BCUT2D eigenvalue weighted by Gasteiger charge is -2.12. The van der Waals surface area contributed by atoms with Crippen LogP contribution in [0, 0.1) is 0 Å². The molecule has 0 aliphatic heterocycles. The molecule has 7 nitrogen and oxygen atoms in total. The molecule has 0 bridgehead atoms. The Kier molecular flexibility index (Phi) is 5.51. The zero-order valence-electron chi connectivity index (χ0n) is 11.0. The van der Waals surface area contributed by atoms with Gasteiger partial charge < -0.3 is 20.8 Å². The second kappa shape index (κ2) is 6.90. The van der Waals surface area contributed by atoms with Gasteiger partial charge in [-0.1, -0.05) is 0 Å². The highest BCUT2D eigenvalue weighted by molar-refractivity contribution is 7.84. The van der Waals surface area contributed by atoms with Crippen molar-refractivity contribution in [2.45, 2.75) is 12.2 Å². The molecule has 20 heavy (non-hydrogen) atoms. The van der Waals surface area contributed by atoms with Gasteiger partial charge in [-0.3, -0.25) is 4.21 Å². The van der Waals surface area contributed by atoms with E-state index in [-0.39, 0.29) is 28.8 Å². The maximum Gasteiger partial charge on any atom is 0.335 e. The van der Waals surface area contributed by atoms with Crippen molar-refractivity contribution in [3.05, 3.63) is 23.8 Å². The van der Waals surface area contributed by atoms with E-state index in [1.165, 1.54) is 12.1 Å². The smallest absolute Gasteiger partial charge is 0.335 e. The molecule has 2 amide bonds. The fraction of sp³-hybridized carbons (Fsp3) is 0.333. The number of hydrogen-bond acceptors (Lipinski definition) is 4. The fourth-order valence-corrected chi connectivity index (χ4v) is 1.61. The Labute approximate surface area is 118 Å². The van der Waals surface area contributed by atoms with E-state index >= 15 is 0 Å². The second-order valence-corrected chi connectivity index (χ2v) is 5.98. The van der Waals surface area contributed by atoms with Gasteiger partial charge in [0.25, 0.3) is 0 Å². The number of carbonyl (C=O) groups is 2. The van der Waals surface area contributed by atoms with Crippen molar-refractivity contribution in [2.75, 3.05) is 18.1 Å². The normalized spacial score (nSPS) is 13.3. The van der Waals surface area contributed by atoms with Crippen LogP contribution in [-0.2, 0) is 10.8 Å². The first-order valence-electron chi connectivity index (χ1n) is 5.74. The molecule has 1 aromatic rings.